The van der Waals surface area contributed by atoms with Gasteiger partial charge in [0, 0.05) is 11.8 Å². The minimum atomic E-state index is 0.0185. The summed E-state index contributed by atoms with van der Waals surface area (Å²) in [4.78, 5) is 0. The van der Waals surface area contributed by atoms with E-state index in [0.29, 0.717) is 18.9 Å². The molecule has 3 nitrogen and oxygen atoms in total. The maximum Gasteiger partial charge on any atom is 0.286 e. The SMILES string of the molecule is CC(CCC#N)CC(C)(C)COC#N. The van der Waals surface area contributed by atoms with Gasteiger partial charge in [0.15, 0.2) is 0 Å². The normalized spacial score (nSPS) is 12.6. The Morgan fingerprint density at radius 3 is 2.50 bits per heavy atom. The monoisotopic (exact) mass is 194 g/mol. The summed E-state index contributed by atoms with van der Waals surface area (Å²) in [5.41, 5.74) is 0.0185. The molecule has 1 unspecified atom stereocenters. The van der Waals surface area contributed by atoms with E-state index in [-0.39, 0.29) is 5.41 Å². The summed E-state index contributed by atoms with van der Waals surface area (Å²) < 4.78 is 4.74. The molecule has 0 aromatic rings. The number of ether oxygens (including phenoxy) is 1. The van der Waals surface area contributed by atoms with Crippen LogP contribution in [0.3, 0.4) is 0 Å². The van der Waals surface area contributed by atoms with Gasteiger partial charge in [0.25, 0.3) is 6.26 Å². The van der Waals surface area contributed by atoms with E-state index in [1.165, 1.54) is 0 Å². The third kappa shape index (κ3) is 6.31. The lowest BCUT2D eigenvalue weighted by atomic mass is 9.82. The number of hydrogen-bond donors (Lipinski definition) is 0. The lowest BCUT2D eigenvalue weighted by Crippen LogP contribution is -2.21. The van der Waals surface area contributed by atoms with Crippen LogP contribution in [0, 0.1) is 34.2 Å². The highest BCUT2D eigenvalue weighted by atomic mass is 16.5. The van der Waals surface area contributed by atoms with E-state index in [1.54, 1.807) is 6.26 Å². The number of nitriles is 2. The van der Waals surface area contributed by atoms with E-state index < -0.39 is 0 Å². The second-order valence-corrected chi connectivity index (χ2v) is 4.55. The molecule has 0 aromatic carbocycles. The Morgan fingerprint density at radius 1 is 1.36 bits per heavy atom. The second kappa shape index (κ2) is 6.27. The smallest absolute Gasteiger partial charge is 0.286 e. The van der Waals surface area contributed by atoms with Crippen molar-refractivity contribution in [3.63, 3.8) is 0 Å². The zero-order chi connectivity index (χ0) is 11.0. The Hall–Kier alpha value is -1.22. The van der Waals surface area contributed by atoms with Gasteiger partial charge in [-0.15, -0.1) is 0 Å². The summed E-state index contributed by atoms with van der Waals surface area (Å²) in [5.74, 6) is 0.506. The molecule has 0 N–H and O–H groups in total. The molecule has 0 aliphatic carbocycles. The average molecular weight is 194 g/mol. The van der Waals surface area contributed by atoms with Crippen molar-refractivity contribution in [2.75, 3.05) is 6.61 Å². The maximum atomic E-state index is 8.44. The zero-order valence-electron chi connectivity index (χ0n) is 9.21. The molecule has 0 saturated heterocycles. The van der Waals surface area contributed by atoms with E-state index in [9.17, 15) is 0 Å². The second-order valence-electron chi connectivity index (χ2n) is 4.55. The highest BCUT2D eigenvalue weighted by Crippen LogP contribution is 2.27. The van der Waals surface area contributed by atoms with E-state index in [4.69, 9.17) is 15.3 Å². The lowest BCUT2D eigenvalue weighted by Gasteiger charge is -2.25. The molecule has 14 heavy (non-hydrogen) atoms. The first-order valence-electron chi connectivity index (χ1n) is 4.89. The molecule has 78 valence electrons. The molecule has 0 radical (unpaired) electrons. The van der Waals surface area contributed by atoms with Crippen molar-refractivity contribution in [3.8, 4) is 12.3 Å². The molecule has 0 saturated carbocycles. The van der Waals surface area contributed by atoms with Crippen molar-refractivity contribution in [1.82, 2.24) is 0 Å². The fraction of sp³-hybridized carbons (Fsp3) is 0.818. The van der Waals surface area contributed by atoms with Crippen LogP contribution < -0.4 is 0 Å². The zero-order valence-corrected chi connectivity index (χ0v) is 9.21. The van der Waals surface area contributed by atoms with Crippen molar-refractivity contribution in [3.05, 3.63) is 0 Å². The summed E-state index contributed by atoms with van der Waals surface area (Å²) in [6, 6.07) is 2.14. The van der Waals surface area contributed by atoms with E-state index in [0.717, 1.165) is 12.8 Å². The van der Waals surface area contributed by atoms with Gasteiger partial charge in [0.2, 0.25) is 0 Å². The first kappa shape index (κ1) is 12.8. The van der Waals surface area contributed by atoms with Crippen LogP contribution >= 0.6 is 0 Å². The number of rotatable bonds is 6. The molecular weight excluding hydrogens is 176 g/mol. The summed E-state index contributed by atoms with van der Waals surface area (Å²) in [5, 5.41) is 16.7. The van der Waals surface area contributed by atoms with Crippen LogP contribution in [-0.4, -0.2) is 6.61 Å². The highest BCUT2D eigenvalue weighted by Gasteiger charge is 2.21. The third-order valence-electron chi connectivity index (χ3n) is 2.18. The molecule has 0 bridgehead atoms. The minimum absolute atomic E-state index is 0.0185. The van der Waals surface area contributed by atoms with Gasteiger partial charge < -0.3 is 4.74 Å². The van der Waals surface area contributed by atoms with E-state index in [1.807, 2.05) is 0 Å². The summed E-state index contributed by atoms with van der Waals surface area (Å²) in [6.45, 7) is 6.74. The van der Waals surface area contributed by atoms with Gasteiger partial charge in [-0.05, 0) is 18.8 Å². The first-order chi connectivity index (χ1) is 6.52. The van der Waals surface area contributed by atoms with E-state index in [2.05, 4.69) is 26.8 Å². The summed E-state index contributed by atoms with van der Waals surface area (Å²) in [6.07, 6.45) is 4.20. The maximum absolute atomic E-state index is 8.44. The predicted molar refractivity (Wildman–Crippen MR) is 54.0 cm³/mol. The van der Waals surface area contributed by atoms with Crippen molar-refractivity contribution in [1.29, 1.82) is 10.5 Å². The van der Waals surface area contributed by atoms with E-state index >= 15 is 0 Å². The van der Waals surface area contributed by atoms with Crippen LogP contribution in [-0.2, 0) is 4.74 Å². The third-order valence-corrected chi connectivity index (χ3v) is 2.18. The summed E-state index contributed by atoms with van der Waals surface area (Å²) in [7, 11) is 0. The quantitative estimate of drug-likeness (QED) is 0.611. The van der Waals surface area contributed by atoms with Crippen LogP contribution in [0.5, 0.6) is 0 Å². The summed E-state index contributed by atoms with van der Waals surface area (Å²) >= 11 is 0. The molecule has 0 aromatic heterocycles. The van der Waals surface area contributed by atoms with Crippen LogP contribution in [0.4, 0.5) is 0 Å². The number of nitrogens with zero attached hydrogens (tertiary/aromatic N) is 2. The Bertz CT molecular complexity index is 235. The van der Waals surface area contributed by atoms with Crippen LogP contribution in [0.15, 0.2) is 0 Å². The van der Waals surface area contributed by atoms with Crippen molar-refractivity contribution >= 4 is 0 Å². The fourth-order valence-corrected chi connectivity index (χ4v) is 1.64. The van der Waals surface area contributed by atoms with Crippen LogP contribution in [0.25, 0.3) is 0 Å². The van der Waals surface area contributed by atoms with Crippen molar-refractivity contribution in [2.24, 2.45) is 11.3 Å². The Labute approximate surface area is 86.3 Å². The van der Waals surface area contributed by atoms with Crippen LogP contribution in [0.2, 0.25) is 0 Å². The predicted octanol–water partition coefficient (Wildman–Crippen LogP) is 2.84. The Kier molecular flexibility index (Phi) is 5.72. The highest BCUT2D eigenvalue weighted by molar-refractivity contribution is 4.76. The van der Waals surface area contributed by atoms with Gasteiger partial charge in [-0.25, -0.2) is 0 Å². The number of hydrogen-bond acceptors (Lipinski definition) is 3. The lowest BCUT2D eigenvalue weighted by molar-refractivity contribution is 0.124. The fourth-order valence-electron chi connectivity index (χ4n) is 1.64. The first-order valence-corrected chi connectivity index (χ1v) is 4.89. The van der Waals surface area contributed by atoms with Gasteiger partial charge in [-0.2, -0.15) is 10.5 Å². The Balaban J connectivity index is 3.84. The molecule has 0 aliphatic heterocycles. The average Bonchev–Trinajstić information content (AvgIpc) is 2.11. The molecule has 0 aliphatic rings. The molecular formula is C11H18N2O. The Morgan fingerprint density at radius 2 is 2.00 bits per heavy atom. The largest absolute Gasteiger partial charge is 0.427 e. The van der Waals surface area contributed by atoms with Crippen LogP contribution in [0.1, 0.15) is 40.0 Å². The van der Waals surface area contributed by atoms with Gasteiger partial charge in [0.1, 0.15) is 6.61 Å². The molecule has 3 heteroatoms. The topological polar surface area (TPSA) is 56.8 Å². The molecule has 0 spiro atoms. The molecule has 1 atom stereocenters. The van der Waals surface area contributed by atoms with Gasteiger partial charge in [-0.3, -0.25) is 0 Å². The molecule has 0 fully saturated rings. The van der Waals surface area contributed by atoms with Gasteiger partial charge >= 0.3 is 0 Å². The molecule has 0 rings (SSSR count). The molecule has 0 heterocycles. The van der Waals surface area contributed by atoms with Crippen molar-refractivity contribution < 1.29 is 4.74 Å². The minimum Gasteiger partial charge on any atom is -0.427 e. The van der Waals surface area contributed by atoms with Gasteiger partial charge in [-0.1, -0.05) is 20.8 Å². The standard InChI is InChI=1S/C11H18N2O/c1-10(5-4-6-12)7-11(2,3)8-14-9-13/h10H,4-5,7-8H2,1-3H3. The van der Waals surface area contributed by atoms with Crippen molar-refractivity contribution in [2.45, 2.75) is 40.0 Å². The van der Waals surface area contributed by atoms with Gasteiger partial charge in [0.05, 0.1) is 6.07 Å². The molecule has 0 amide bonds.